The summed E-state index contributed by atoms with van der Waals surface area (Å²) in [5.74, 6) is -1.04. The maximum Gasteiger partial charge on any atom is 0.306 e. The lowest BCUT2D eigenvalue weighted by Crippen LogP contribution is -2.21. The summed E-state index contributed by atoms with van der Waals surface area (Å²) in [6, 6.07) is 11.5. The molecule has 2 rings (SSSR count). The molecule has 2 amide bonds. The third-order valence-electron chi connectivity index (χ3n) is 4.69. The molecule has 0 unspecified atom stereocenters. The van der Waals surface area contributed by atoms with Crippen molar-refractivity contribution in [1.82, 2.24) is 0 Å². The molecule has 154 valence electrons. The van der Waals surface area contributed by atoms with E-state index in [9.17, 15) is 14.4 Å². The molecule has 6 heteroatoms. The third kappa shape index (κ3) is 7.07. The highest BCUT2D eigenvalue weighted by Crippen LogP contribution is 2.18. The van der Waals surface area contributed by atoms with Gasteiger partial charge in [0.1, 0.15) is 0 Å². The van der Waals surface area contributed by atoms with Gasteiger partial charge in [-0.05, 0) is 68.5 Å². The number of hydrogen-bond donors (Lipinski definition) is 2. The van der Waals surface area contributed by atoms with Crippen molar-refractivity contribution >= 4 is 29.2 Å². The van der Waals surface area contributed by atoms with Gasteiger partial charge < -0.3 is 15.4 Å². The highest BCUT2D eigenvalue weighted by atomic mass is 16.5. The molecule has 0 bridgehead atoms. The van der Waals surface area contributed by atoms with Gasteiger partial charge in [0.05, 0.1) is 0 Å². The number of carbonyl (C=O) groups is 3. The Bertz CT molecular complexity index is 906. The Hall–Kier alpha value is -3.15. The number of hydrogen-bond acceptors (Lipinski definition) is 4. The van der Waals surface area contributed by atoms with Crippen LogP contribution in [0.3, 0.4) is 0 Å². The fourth-order valence-electron chi connectivity index (χ4n) is 2.77. The van der Waals surface area contributed by atoms with Crippen LogP contribution in [0, 0.1) is 27.7 Å². The quantitative estimate of drug-likeness (QED) is 0.655. The molecular weight excluding hydrogens is 368 g/mol. The molecule has 0 atom stereocenters. The van der Waals surface area contributed by atoms with Gasteiger partial charge in [-0.3, -0.25) is 14.4 Å². The van der Waals surface area contributed by atoms with Crippen LogP contribution in [0.4, 0.5) is 11.4 Å². The Balaban J connectivity index is 1.69. The molecule has 29 heavy (non-hydrogen) atoms. The zero-order chi connectivity index (χ0) is 21.4. The van der Waals surface area contributed by atoms with Crippen LogP contribution in [0.5, 0.6) is 0 Å². The van der Waals surface area contributed by atoms with Crippen molar-refractivity contribution in [3.63, 3.8) is 0 Å². The van der Waals surface area contributed by atoms with Crippen LogP contribution < -0.4 is 10.6 Å². The molecule has 0 aliphatic rings. The van der Waals surface area contributed by atoms with Crippen LogP contribution in [-0.2, 0) is 19.1 Å². The van der Waals surface area contributed by atoms with Crippen LogP contribution in [0.25, 0.3) is 0 Å². The van der Waals surface area contributed by atoms with Gasteiger partial charge in [0.2, 0.25) is 5.91 Å². The van der Waals surface area contributed by atoms with Gasteiger partial charge in [0.25, 0.3) is 5.91 Å². The van der Waals surface area contributed by atoms with Gasteiger partial charge in [-0.25, -0.2) is 0 Å². The van der Waals surface area contributed by atoms with Gasteiger partial charge in [0, 0.05) is 24.2 Å². The summed E-state index contributed by atoms with van der Waals surface area (Å²) in [4.78, 5) is 35.9. The number of ether oxygens (including phenoxy) is 1. The highest BCUT2D eigenvalue weighted by Gasteiger charge is 2.11. The van der Waals surface area contributed by atoms with Crippen molar-refractivity contribution < 1.29 is 19.1 Å². The van der Waals surface area contributed by atoms with Crippen molar-refractivity contribution in [2.75, 3.05) is 17.2 Å². The second kappa shape index (κ2) is 10.4. The number of aryl methyl sites for hydroxylation is 3. The Morgan fingerprint density at radius 3 is 2.31 bits per heavy atom. The van der Waals surface area contributed by atoms with E-state index >= 15 is 0 Å². The Morgan fingerprint density at radius 2 is 1.55 bits per heavy atom. The lowest BCUT2D eigenvalue weighted by atomic mass is 10.1. The normalized spacial score (nSPS) is 10.3. The predicted molar refractivity (Wildman–Crippen MR) is 114 cm³/mol. The van der Waals surface area contributed by atoms with E-state index in [4.69, 9.17) is 4.74 Å². The Kier molecular flexibility index (Phi) is 7.95. The molecule has 0 aliphatic heterocycles. The molecule has 0 aromatic heterocycles. The smallest absolute Gasteiger partial charge is 0.306 e. The Morgan fingerprint density at radius 1 is 0.828 bits per heavy atom. The highest BCUT2D eigenvalue weighted by molar-refractivity contribution is 5.94. The van der Waals surface area contributed by atoms with Crippen LogP contribution in [0.2, 0.25) is 0 Å². The first kappa shape index (κ1) is 22.1. The van der Waals surface area contributed by atoms with E-state index in [1.54, 1.807) is 6.07 Å². The first-order valence-electron chi connectivity index (χ1n) is 9.65. The molecule has 6 nitrogen and oxygen atoms in total. The topological polar surface area (TPSA) is 84.5 Å². The average molecular weight is 396 g/mol. The van der Waals surface area contributed by atoms with E-state index in [1.807, 2.05) is 58.0 Å². The molecule has 0 aliphatic carbocycles. The van der Waals surface area contributed by atoms with E-state index in [1.165, 1.54) is 0 Å². The number of anilines is 2. The van der Waals surface area contributed by atoms with Gasteiger partial charge in [-0.1, -0.05) is 24.3 Å². The molecule has 0 spiro atoms. The van der Waals surface area contributed by atoms with Gasteiger partial charge in [0.15, 0.2) is 6.61 Å². The molecule has 0 saturated carbocycles. The van der Waals surface area contributed by atoms with Gasteiger partial charge >= 0.3 is 5.97 Å². The number of nitrogens with one attached hydrogen (secondary N) is 2. The number of amides is 2. The third-order valence-corrected chi connectivity index (χ3v) is 4.69. The second-order valence-electron chi connectivity index (χ2n) is 7.18. The number of benzene rings is 2. The van der Waals surface area contributed by atoms with E-state index in [0.717, 1.165) is 27.9 Å². The summed E-state index contributed by atoms with van der Waals surface area (Å²) in [6.45, 7) is 7.42. The minimum absolute atomic E-state index is 0.0803. The largest absolute Gasteiger partial charge is 0.456 e. The van der Waals surface area contributed by atoms with Crippen molar-refractivity contribution in [2.45, 2.75) is 47.0 Å². The standard InChI is InChI=1S/C23H28N2O4/c1-15-11-12-17(3)20(13-15)25-21(26)9-6-10-23(28)29-14-22(27)24-19-8-5-7-16(2)18(19)4/h5,7-8,11-13H,6,9-10,14H2,1-4H3,(H,24,27)(H,25,26). The maximum absolute atomic E-state index is 12.1. The lowest BCUT2D eigenvalue weighted by molar-refractivity contribution is -0.147. The molecule has 0 heterocycles. The summed E-state index contributed by atoms with van der Waals surface area (Å²) < 4.78 is 5.00. The van der Waals surface area contributed by atoms with Crippen molar-refractivity contribution in [2.24, 2.45) is 0 Å². The number of carbonyl (C=O) groups excluding carboxylic acids is 3. The van der Waals surface area contributed by atoms with Gasteiger partial charge in [-0.2, -0.15) is 0 Å². The summed E-state index contributed by atoms with van der Waals surface area (Å²) in [6.07, 6.45) is 0.641. The number of rotatable bonds is 8. The molecule has 2 aromatic rings. The molecule has 0 saturated heterocycles. The zero-order valence-corrected chi connectivity index (χ0v) is 17.4. The van der Waals surface area contributed by atoms with E-state index in [2.05, 4.69) is 10.6 Å². The maximum atomic E-state index is 12.1. The minimum atomic E-state index is -0.499. The zero-order valence-electron chi connectivity index (χ0n) is 17.4. The van der Waals surface area contributed by atoms with Crippen molar-refractivity contribution in [1.29, 1.82) is 0 Å². The van der Waals surface area contributed by atoms with Crippen LogP contribution in [0.1, 0.15) is 41.5 Å². The molecule has 2 N–H and O–H groups in total. The van der Waals surface area contributed by atoms with Crippen LogP contribution in [0.15, 0.2) is 36.4 Å². The fourth-order valence-corrected chi connectivity index (χ4v) is 2.77. The van der Waals surface area contributed by atoms with Gasteiger partial charge in [-0.15, -0.1) is 0 Å². The average Bonchev–Trinajstić information content (AvgIpc) is 2.67. The summed E-state index contributed by atoms with van der Waals surface area (Å²) in [7, 11) is 0. The lowest BCUT2D eigenvalue weighted by Gasteiger charge is -2.11. The first-order valence-corrected chi connectivity index (χ1v) is 9.65. The number of esters is 1. The molecule has 2 aromatic carbocycles. The molecule has 0 radical (unpaired) electrons. The van der Waals surface area contributed by atoms with E-state index < -0.39 is 5.97 Å². The predicted octanol–water partition coefficient (Wildman–Crippen LogP) is 4.21. The van der Waals surface area contributed by atoms with E-state index in [-0.39, 0.29) is 31.3 Å². The summed E-state index contributed by atoms with van der Waals surface area (Å²) in [5, 5.41) is 5.59. The summed E-state index contributed by atoms with van der Waals surface area (Å²) >= 11 is 0. The SMILES string of the molecule is Cc1ccc(C)c(NC(=O)CCCC(=O)OCC(=O)Nc2cccc(C)c2C)c1. The van der Waals surface area contributed by atoms with E-state index in [0.29, 0.717) is 12.1 Å². The van der Waals surface area contributed by atoms with Crippen LogP contribution >= 0.6 is 0 Å². The second-order valence-corrected chi connectivity index (χ2v) is 7.18. The molecule has 0 fully saturated rings. The molecular formula is C23H28N2O4. The summed E-state index contributed by atoms with van der Waals surface area (Å²) in [5.41, 5.74) is 5.57. The van der Waals surface area contributed by atoms with Crippen molar-refractivity contribution in [3.05, 3.63) is 58.7 Å². The van der Waals surface area contributed by atoms with Crippen LogP contribution in [-0.4, -0.2) is 24.4 Å². The fraction of sp³-hybridized carbons (Fsp3) is 0.348. The minimum Gasteiger partial charge on any atom is -0.456 e. The van der Waals surface area contributed by atoms with Crippen molar-refractivity contribution in [3.8, 4) is 0 Å². The monoisotopic (exact) mass is 396 g/mol. The first-order chi connectivity index (χ1) is 13.8. The Labute approximate surface area is 171 Å².